The highest BCUT2D eigenvalue weighted by Gasteiger charge is 2.20. The fourth-order valence-electron chi connectivity index (χ4n) is 2.31. The van der Waals surface area contributed by atoms with Crippen molar-refractivity contribution < 1.29 is 9.72 Å². The van der Waals surface area contributed by atoms with Crippen LogP contribution in [0.15, 0.2) is 35.9 Å². The van der Waals surface area contributed by atoms with Gasteiger partial charge in [0.05, 0.1) is 4.92 Å². The molecule has 1 saturated heterocycles. The molecule has 0 radical (unpaired) electrons. The number of amides is 1. The van der Waals surface area contributed by atoms with E-state index in [-0.39, 0.29) is 11.6 Å². The number of carbonyl (C=O) groups excluding carboxylic acids is 1. The van der Waals surface area contributed by atoms with Crippen LogP contribution in [0.25, 0.3) is 0 Å². The molecule has 21 heavy (non-hydrogen) atoms. The predicted molar refractivity (Wildman–Crippen MR) is 81.3 cm³/mol. The van der Waals surface area contributed by atoms with E-state index in [1.807, 2.05) is 18.7 Å². The summed E-state index contributed by atoms with van der Waals surface area (Å²) in [6.07, 6.45) is 1.65. The SMILES string of the molecule is CC(C)=CC(=O)N1CCN(c2ccc([N+](=O)[O-])cc2)CC1. The first-order chi connectivity index (χ1) is 9.97. The lowest BCUT2D eigenvalue weighted by Gasteiger charge is -2.35. The maximum atomic E-state index is 11.9. The van der Waals surface area contributed by atoms with Gasteiger partial charge in [0.1, 0.15) is 0 Å². The van der Waals surface area contributed by atoms with Crippen LogP contribution in [0.1, 0.15) is 13.8 Å². The molecular weight excluding hydrogens is 270 g/mol. The van der Waals surface area contributed by atoms with E-state index < -0.39 is 4.92 Å². The predicted octanol–water partition coefficient (Wildman–Crippen LogP) is 2.21. The van der Waals surface area contributed by atoms with Gasteiger partial charge in [0.15, 0.2) is 0 Å². The van der Waals surface area contributed by atoms with Crippen molar-refractivity contribution >= 4 is 17.3 Å². The van der Waals surface area contributed by atoms with Gasteiger partial charge in [0, 0.05) is 50.1 Å². The molecule has 1 aliphatic rings. The minimum Gasteiger partial charge on any atom is -0.368 e. The summed E-state index contributed by atoms with van der Waals surface area (Å²) >= 11 is 0. The Morgan fingerprint density at radius 1 is 1.14 bits per heavy atom. The van der Waals surface area contributed by atoms with E-state index >= 15 is 0 Å². The van der Waals surface area contributed by atoms with Crippen LogP contribution in [0.2, 0.25) is 0 Å². The van der Waals surface area contributed by atoms with Gasteiger partial charge in [-0.25, -0.2) is 0 Å². The molecule has 0 bridgehead atoms. The standard InChI is InChI=1S/C15H19N3O3/c1-12(2)11-15(19)17-9-7-16(8-10-17)13-3-5-14(6-4-13)18(20)21/h3-6,11H,7-10H2,1-2H3. The Morgan fingerprint density at radius 2 is 1.71 bits per heavy atom. The van der Waals surface area contributed by atoms with Crippen LogP contribution in [0.4, 0.5) is 11.4 Å². The third-order valence-electron chi connectivity index (χ3n) is 3.43. The lowest BCUT2D eigenvalue weighted by molar-refractivity contribution is -0.384. The van der Waals surface area contributed by atoms with Gasteiger partial charge in [0.2, 0.25) is 5.91 Å². The number of allylic oxidation sites excluding steroid dienone is 1. The maximum absolute atomic E-state index is 11.9. The van der Waals surface area contributed by atoms with Crippen LogP contribution >= 0.6 is 0 Å². The van der Waals surface area contributed by atoms with Gasteiger partial charge in [-0.2, -0.15) is 0 Å². The van der Waals surface area contributed by atoms with Gasteiger partial charge in [-0.05, 0) is 26.0 Å². The summed E-state index contributed by atoms with van der Waals surface area (Å²) in [6.45, 7) is 6.62. The number of nitro groups is 1. The summed E-state index contributed by atoms with van der Waals surface area (Å²) in [5.41, 5.74) is 2.05. The monoisotopic (exact) mass is 289 g/mol. The zero-order valence-electron chi connectivity index (χ0n) is 12.3. The smallest absolute Gasteiger partial charge is 0.269 e. The van der Waals surface area contributed by atoms with E-state index in [0.29, 0.717) is 13.1 Å². The van der Waals surface area contributed by atoms with Gasteiger partial charge in [0.25, 0.3) is 5.69 Å². The Morgan fingerprint density at radius 3 is 2.19 bits per heavy atom. The molecule has 2 rings (SSSR count). The van der Waals surface area contributed by atoms with E-state index in [9.17, 15) is 14.9 Å². The lowest BCUT2D eigenvalue weighted by Crippen LogP contribution is -2.48. The minimum atomic E-state index is -0.403. The van der Waals surface area contributed by atoms with Gasteiger partial charge in [-0.15, -0.1) is 0 Å². The number of benzene rings is 1. The molecule has 0 saturated carbocycles. The van der Waals surface area contributed by atoms with Gasteiger partial charge >= 0.3 is 0 Å². The molecule has 112 valence electrons. The molecule has 6 heteroatoms. The summed E-state index contributed by atoms with van der Waals surface area (Å²) in [5, 5.41) is 10.6. The number of anilines is 1. The maximum Gasteiger partial charge on any atom is 0.269 e. The number of hydrogen-bond donors (Lipinski definition) is 0. The van der Waals surface area contributed by atoms with Crippen molar-refractivity contribution in [3.05, 3.63) is 46.0 Å². The topological polar surface area (TPSA) is 66.7 Å². The van der Waals surface area contributed by atoms with Crippen molar-refractivity contribution in [2.45, 2.75) is 13.8 Å². The van der Waals surface area contributed by atoms with E-state index in [0.717, 1.165) is 24.4 Å². The Balaban J connectivity index is 1.96. The second-order valence-electron chi connectivity index (χ2n) is 5.31. The number of non-ortho nitro benzene ring substituents is 1. The Labute approximate surface area is 123 Å². The van der Waals surface area contributed by atoms with Crippen LogP contribution in [-0.4, -0.2) is 41.9 Å². The number of carbonyl (C=O) groups is 1. The highest BCUT2D eigenvalue weighted by Crippen LogP contribution is 2.20. The van der Waals surface area contributed by atoms with Crippen molar-refractivity contribution in [1.29, 1.82) is 0 Å². The number of rotatable bonds is 3. The average Bonchev–Trinajstić information content (AvgIpc) is 2.47. The number of hydrogen-bond acceptors (Lipinski definition) is 4. The largest absolute Gasteiger partial charge is 0.368 e. The molecule has 6 nitrogen and oxygen atoms in total. The molecule has 0 spiro atoms. The van der Waals surface area contributed by atoms with Crippen LogP contribution in [0, 0.1) is 10.1 Å². The molecule has 1 fully saturated rings. The number of nitrogens with zero attached hydrogens (tertiary/aromatic N) is 3. The zero-order chi connectivity index (χ0) is 15.4. The first kappa shape index (κ1) is 15.0. The highest BCUT2D eigenvalue weighted by atomic mass is 16.6. The molecule has 1 heterocycles. The molecule has 1 amide bonds. The molecule has 0 aromatic heterocycles. The van der Waals surface area contributed by atoms with Crippen molar-refractivity contribution in [1.82, 2.24) is 4.90 Å². The molecule has 0 atom stereocenters. The quantitative estimate of drug-likeness (QED) is 0.486. The van der Waals surface area contributed by atoms with Gasteiger partial charge < -0.3 is 9.80 Å². The number of piperazine rings is 1. The first-order valence-electron chi connectivity index (χ1n) is 6.90. The summed E-state index contributed by atoms with van der Waals surface area (Å²) in [4.78, 5) is 26.1. The van der Waals surface area contributed by atoms with E-state index in [2.05, 4.69) is 4.90 Å². The Hall–Kier alpha value is -2.37. The summed E-state index contributed by atoms with van der Waals surface area (Å²) in [6, 6.07) is 6.53. The fraction of sp³-hybridized carbons (Fsp3) is 0.400. The van der Waals surface area contributed by atoms with Crippen LogP contribution in [-0.2, 0) is 4.79 Å². The Kier molecular flexibility index (Phi) is 4.57. The van der Waals surface area contributed by atoms with Crippen LogP contribution < -0.4 is 4.90 Å². The molecule has 1 aliphatic heterocycles. The molecule has 0 unspecified atom stereocenters. The molecule has 0 aliphatic carbocycles. The number of nitro benzene ring substituents is 1. The summed E-state index contributed by atoms with van der Waals surface area (Å²) in [5.74, 6) is 0.0540. The molecular formula is C15H19N3O3. The minimum absolute atomic E-state index is 0.0540. The first-order valence-corrected chi connectivity index (χ1v) is 6.90. The highest BCUT2D eigenvalue weighted by molar-refractivity contribution is 5.88. The third kappa shape index (κ3) is 3.81. The van der Waals surface area contributed by atoms with Crippen LogP contribution in [0.5, 0.6) is 0 Å². The van der Waals surface area contributed by atoms with Crippen LogP contribution in [0.3, 0.4) is 0 Å². The average molecular weight is 289 g/mol. The zero-order valence-corrected chi connectivity index (χ0v) is 12.3. The van der Waals surface area contributed by atoms with Crippen molar-refractivity contribution in [2.75, 3.05) is 31.1 Å². The summed E-state index contributed by atoms with van der Waals surface area (Å²) in [7, 11) is 0. The van der Waals surface area contributed by atoms with E-state index in [4.69, 9.17) is 0 Å². The molecule has 1 aromatic carbocycles. The van der Waals surface area contributed by atoms with Crippen molar-refractivity contribution in [3.8, 4) is 0 Å². The van der Waals surface area contributed by atoms with Crippen molar-refractivity contribution in [3.63, 3.8) is 0 Å². The van der Waals surface area contributed by atoms with E-state index in [1.54, 1.807) is 18.2 Å². The van der Waals surface area contributed by atoms with Gasteiger partial charge in [-0.1, -0.05) is 5.57 Å². The van der Waals surface area contributed by atoms with Gasteiger partial charge in [-0.3, -0.25) is 14.9 Å². The second-order valence-corrected chi connectivity index (χ2v) is 5.31. The summed E-state index contributed by atoms with van der Waals surface area (Å²) < 4.78 is 0. The second kappa shape index (κ2) is 6.39. The lowest BCUT2D eigenvalue weighted by atomic mass is 10.2. The molecule has 0 N–H and O–H groups in total. The fourth-order valence-corrected chi connectivity index (χ4v) is 2.31. The Bertz CT molecular complexity index is 554. The molecule has 1 aromatic rings. The normalized spacial score (nSPS) is 14.8. The van der Waals surface area contributed by atoms with Crippen molar-refractivity contribution in [2.24, 2.45) is 0 Å². The van der Waals surface area contributed by atoms with E-state index in [1.165, 1.54) is 12.1 Å². The third-order valence-corrected chi connectivity index (χ3v) is 3.43.